The maximum absolute atomic E-state index is 11.2. The summed E-state index contributed by atoms with van der Waals surface area (Å²) < 4.78 is 16.2. The molecule has 0 heterocycles. The molecular weight excluding hydrogens is 199 g/mol. The molecule has 1 aromatic rings. The Morgan fingerprint density at radius 2 is 2.21 bits per heavy atom. The Balaban J connectivity index is 2.96. The molecule has 0 radical (unpaired) electrons. The minimum Gasteiger partial charge on any atom is -0.421 e. The van der Waals surface area contributed by atoms with E-state index < -0.39 is 7.60 Å². The lowest BCUT2D eigenvalue weighted by molar-refractivity contribution is 0.390. The van der Waals surface area contributed by atoms with Gasteiger partial charge in [-0.2, -0.15) is 0 Å². The maximum atomic E-state index is 11.2. The van der Waals surface area contributed by atoms with E-state index in [0.717, 1.165) is 17.8 Å². The molecule has 0 spiro atoms. The fraction of sp³-hybridized carbons (Fsp3) is 0.200. The molecule has 0 bridgehead atoms. The van der Waals surface area contributed by atoms with Crippen LogP contribution in [0, 0.1) is 0 Å². The lowest BCUT2D eigenvalue weighted by Gasteiger charge is -2.12. The highest BCUT2D eigenvalue weighted by atomic mass is 31.2. The van der Waals surface area contributed by atoms with E-state index in [1.54, 1.807) is 12.1 Å². The molecule has 1 N–H and O–H groups in total. The second-order valence-corrected chi connectivity index (χ2v) is 4.48. The van der Waals surface area contributed by atoms with Crippen molar-refractivity contribution in [2.24, 2.45) is 0 Å². The van der Waals surface area contributed by atoms with E-state index in [1.807, 2.05) is 19.1 Å². The van der Waals surface area contributed by atoms with Crippen molar-refractivity contribution in [3.05, 3.63) is 42.2 Å². The summed E-state index contributed by atoms with van der Waals surface area (Å²) in [7, 11) is -3.67. The zero-order valence-corrected chi connectivity index (χ0v) is 8.91. The molecule has 4 heteroatoms. The van der Waals surface area contributed by atoms with E-state index in [-0.39, 0.29) is 0 Å². The van der Waals surface area contributed by atoms with Gasteiger partial charge in [-0.15, -0.1) is 0 Å². The third-order valence-electron chi connectivity index (χ3n) is 1.81. The van der Waals surface area contributed by atoms with E-state index in [4.69, 9.17) is 4.52 Å². The van der Waals surface area contributed by atoms with Crippen LogP contribution in [0.5, 0.6) is 5.75 Å². The third-order valence-corrected chi connectivity index (χ3v) is 2.73. The van der Waals surface area contributed by atoms with Crippen LogP contribution in [0.1, 0.15) is 12.5 Å². The molecule has 0 fully saturated rings. The maximum Gasteiger partial charge on any atom is 0.400 e. The normalized spacial score (nSPS) is 14.4. The van der Waals surface area contributed by atoms with Crippen LogP contribution in [0.15, 0.2) is 36.7 Å². The number of aryl methyl sites for hydroxylation is 1. The predicted molar refractivity (Wildman–Crippen MR) is 56.5 cm³/mol. The molecule has 0 aliphatic rings. The van der Waals surface area contributed by atoms with Gasteiger partial charge in [0.1, 0.15) is 5.75 Å². The van der Waals surface area contributed by atoms with Gasteiger partial charge in [0.25, 0.3) is 0 Å². The Hall–Kier alpha value is -1.05. The highest BCUT2D eigenvalue weighted by Gasteiger charge is 2.16. The van der Waals surface area contributed by atoms with Crippen molar-refractivity contribution in [1.82, 2.24) is 0 Å². The molecule has 0 aromatic heterocycles. The Bertz CT molecular complexity index is 373. The number of benzene rings is 1. The standard InChI is InChI=1S/C10H13O3P/c1-3-9-7-5-6-8-10(9)13-14(11,12)4-2/h4-8H,2-3H2,1H3,(H,11,12). The van der Waals surface area contributed by atoms with Crippen molar-refractivity contribution < 1.29 is 14.0 Å². The van der Waals surface area contributed by atoms with Gasteiger partial charge in [-0.05, 0) is 18.1 Å². The van der Waals surface area contributed by atoms with Gasteiger partial charge in [-0.25, -0.2) is 4.57 Å². The Morgan fingerprint density at radius 1 is 1.57 bits per heavy atom. The number of hydrogen-bond donors (Lipinski definition) is 1. The lowest BCUT2D eigenvalue weighted by atomic mass is 10.1. The topological polar surface area (TPSA) is 46.5 Å². The summed E-state index contributed by atoms with van der Waals surface area (Å²) in [6.45, 7) is 5.20. The first-order valence-corrected chi connectivity index (χ1v) is 5.97. The molecule has 76 valence electrons. The molecule has 14 heavy (non-hydrogen) atoms. The molecule has 0 aliphatic heterocycles. The van der Waals surface area contributed by atoms with Crippen molar-refractivity contribution in [2.75, 3.05) is 0 Å². The van der Waals surface area contributed by atoms with Crippen LogP contribution < -0.4 is 4.52 Å². The van der Waals surface area contributed by atoms with E-state index >= 15 is 0 Å². The first kappa shape index (κ1) is 11.0. The Labute approximate surface area is 83.6 Å². The van der Waals surface area contributed by atoms with Crippen LogP contribution in [0.3, 0.4) is 0 Å². The Morgan fingerprint density at radius 3 is 2.79 bits per heavy atom. The predicted octanol–water partition coefficient (Wildman–Crippen LogP) is 2.96. The summed E-state index contributed by atoms with van der Waals surface area (Å²) in [4.78, 5) is 9.21. The van der Waals surface area contributed by atoms with E-state index in [0.29, 0.717) is 5.75 Å². The molecule has 1 atom stereocenters. The summed E-state index contributed by atoms with van der Waals surface area (Å²) in [6, 6.07) is 7.16. The zero-order chi connectivity index (χ0) is 10.6. The van der Waals surface area contributed by atoms with Gasteiger partial charge < -0.3 is 9.42 Å². The van der Waals surface area contributed by atoms with Crippen LogP contribution in [-0.4, -0.2) is 4.89 Å². The van der Waals surface area contributed by atoms with Crippen molar-refractivity contribution in [3.63, 3.8) is 0 Å². The van der Waals surface area contributed by atoms with Gasteiger partial charge >= 0.3 is 7.60 Å². The lowest BCUT2D eigenvalue weighted by Crippen LogP contribution is -1.92. The van der Waals surface area contributed by atoms with Crippen molar-refractivity contribution in [3.8, 4) is 5.75 Å². The fourth-order valence-electron chi connectivity index (χ4n) is 1.06. The van der Waals surface area contributed by atoms with Crippen LogP contribution in [0.2, 0.25) is 0 Å². The van der Waals surface area contributed by atoms with Gasteiger partial charge in [-0.3, -0.25) is 0 Å². The van der Waals surface area contributed by atoms with Gasteiger partial charge in [0, 0.05) is 5.82 Å². The summed E-state index contributed by atoms with van der Waals surface area (Å²) in [6.07, 6.45) is 0.757. The third kappa shape index (κ3) is 2.72. The molecule has 0 aliphatic carbocycles. The average Bonchev–Trinajstić information content (AvgIpc) is 2.18. The molecule has 1 unspecified atom stereocenters. The van der Waals surface area contributed by atoms with Gasteiger partial charge in [0.05, 0.1) is 0 Å². The van der Waals surface area contributed by atoms with E-state index in [1.165, 1.54) is 0 Å². The number of rotatable bonds is 4. The summed E-state index contributed by atoms with van der Waals surface area (Å²) in [5.41, 5.74) is 0.906. The second kappa shape index (κ2) is 4.45. The zero-order valence-electron chi connectivity index (χ0n) is 8.01. The van der Waals surface area contributed by atoms with Gasteiger partial charge in [0.15, 0.2) is 0 Å². The molecule has 3 nitrogen and oxygen atoms in total. The van der Waals surface area contributed by atoms with E-state index in [2.05, 4.69) is 6.58 Å². The molecule has 1 rings (SSSR count). The molecule has 0 saturated heterocycles. The van der Waals surface area contributed by atoms with Crippen molar-refractivity contribution in [2.45, 2.75) is 13.3 Å². The smallest absolute Gasteiger partial charge is 0.400 e. The molecule has 0 saturated carbocycles. The first-order chi connectivity index (χ1) is 6.59. The monoisotopic (exact) mass is 212 g/mol. The second-order valence-electron chi connectivity index (χ2n) is 2.80. The highest BCUT2D eigenvalue weighted by Crippen LogP contribution is 2.44. The molecule has 0 amide bonds. The van der Waals surface area contributed by atoms with Crippen LogP contribution in [-0.2, 0) is 11.0 Å². The first-order valence-electron chi connectivity index (χ1n) is 4.32. The largest absolute Gasteiger partial charge is 0.421 e. The van der Waals surface area contributed by atoms with Gasteiger partial charge in [0.2, 0.25) is 0 Å². The van der Waals surface area contributed by atoms with E-state index in [9.17, 15) is 9.46 Å². The number of para-hydroxylation sites is 1. The SMILES string of the molecule is C=CP(=O)(O)Oc1ccccc1CC. The average molecular weight is 212 g/mol. The van der Waals surface area contributed by atoms with Crippen LogP contribution in [0.25, 0.3) is 0 Å². The molecular formula is C10H13O3P. The molecule has 1 aromatic carbocycles. The van der Waals surface area contributed by atoms with Crippen molar-refractivity contribution >= 4 is 7.60 Å². The van der Waals surface area contributed by atoms with Crippen molar-refractivity contribution in [1.29, 1.82) is 0 Å². The minimum absolute atomic E-state index is 0.445. The Kier molecular flexibility index (Phi) is 3.50. The fourth-order valence-corrected chi connectivity index (χ4v) is 1.60. The van der Waals surface area contributed by atoms with Gasteiger partial charge in [-0.1, -0.05) is 31.7 Å². The quantitative estimate of drug-likeness (QED) is 0.780. The highest BCUT2D eigenvalue weighted by molar-refractivity contribution is 7.56. The minimum atomic E-state index is -3.67. The van der Waals surface area contributed by atoms with Crippen LogP contribution >= 0.6 is 7.60 Å². The summed E-state index contributed by atoms with van der Waals surface area (Å²) in [5, 5.41) is 0. The number of hydrogen-bond acceptors (Lipinski definition) is 2. The summed E-state index contributed by atoms with van der Waals surface area (Å²) in [5.74, 6) is 1.38. The van der Waals surface area contributed by atoms with Crippen LogP contribution in [0.4, 0.5) is 0 Å². The summed E-state index contributed by atoms with van der Waals surface area (Å²) >= 11 is 0.